The Kier molecular flexibility index (Phi) is 4.44. The van der Waals surface area contributed by atoms with E-state index in [1.54, 1.807) is 0 Å². The van der Waals surface area contributed by atoms with E-state index >= 15 is 0 Å². The highest BCUT2D eigenvalue weighted by Gasteiger charge is 2.55. The van der Waals surface area contributed by atoms with Gasteiger partial charge in [-0.15, -0.1) is 24.0 Å². The number of piperidine rings is 1. The lowest BCUT2D eigenvalue weighted by Gasteiger charge is -2.31. The van der Waals surface area contributed by atoms with Crippen molar-refractivity contribution in [2.45, 2.75) is 57.9 Å². The predicted molar refractivity (Wildman–Crippen MR) is 86.3 cm³/mol. The second-order valence-corrected chi connectivity index (χ2v) is 6.45. The van der Waals surface area contributed by atoms with Crippen molar-refractivity contribution in [1.29, 1.82) is 0 Å². The first-order valence-corrected chi connectivity index (χ1v) is 7.28. The number of hydrogen-bond acceptors (Lipinski definition) is 1. The minimum Gasteiger partial charge on any atom is -0.370 e. The second-order valence-electron chi connectivity index (χ2n) is 6.45. The van der Waals surface area contributed by atoms with Crippen LogP contribution in [0.3, 0.4) is 0 Å². The van der Waals surface area contributed by atoms with Gasteiger partial charge >= 0.3 is 0 Å². The van der Waals surface area contributed by atoms with Gasteiger partial charge in [-0.1, -0.05) is 19.8 Å². The lowest BCUT2D eigenvalue weighted by molar-refractivity contribution is 0.277. The molecule has 1 heterocycles. The molecule has 104 valence electrons. The van der Waals surface area contributed by atoms with Gasteiger partial charge in [-0.3, -0.25) is 0 Å². The molecule has 3 fully saturated rings. The fourth-order valence-corrected chi connectivity index (χ4v) is 3.60. The second kappa shape index (κ2) is 5.55. The van der Waals surface area contributed by atoms with Crippen LogP contribution in [0.4, 0.5) is 0 Å². The minimum absolute atomic E-state index is 0. The Bertz CT molecular complexity index is 315. The number of hydrogen-bond donors (Lipinski definition) is 1. The summed E-state index contributed by atoms with van der Waals surface area (Å²) in [4.78, 5) is 7.09. The summed E-state index contributed by atoms with van der Waals surface area (Å²) in [5.41, 5.74) is 6.75. The number of halogens is 1. The summed E-state index contributed by atoms with van der Waals surface area (Å²) in [6.45, 7) is 4.55. The first kappa shape index (κ1) is 14.4. The maximum absolute atomic E-state index is 6.16. The van der Waals surface area contributed by atoms with Crippen molar-refractivity contribution in [2.24, 2.45) is 22.1 Å². The number of guanidine groups is 1. The Hall–Kier alpha value is 0. The van der Waals surface area contributed by atoms with Gasteiger partial charge < -0.3 is 10.6 Å². The van der Waals surface area contributed by atoms with Gasteiger partial charge in [0.1, 0.15) is 0 Å². The molecule has 2 saturated carbocycles. The van der Waals surface area contributed by atoms with Crippen molar-refractivity contribution in [3.8, 4) is 0 Å². The third-order valence-electron chi connectivity index (χ3n) is 5.14. The molecule has 0 aromatic heterocycles. The number of nitrogens with zero attached hydrogens (tertiary/aromatic N) is 2. The van der Waals surface area contributed by atoms with Crippen LogP contribution in [0.2, 0.25) is 0 Å². The molecule has 0 aromatic rings. The molecule has 2 aliphatic carbocycles. The number of aliphatic imine (C=N–C) groups is 1. The minimum atomic E-state index is 0. The molecule has 1 unspecified atom stereocenters. The van der Waals surface area contributed by atoms with Crippen molar-refractivity contribution in [3.05, 3.63) is 0 Å². The lowest BCUT2D eigenvalue weighted by atomic mass is 10.00. The zero-order valence-corrected chi connectivity index (χ0v) is 13.7. The van der Waals surface area contributed by atoms with E-state index in [-0.39, 0.29) is 24.0 Å². The zero-order valence-electron chi connectivity index (χ0n) is 11.4. The maximum Gasteiger partial charge on any atom is 0.191 e. The summed E-state index contributed by atoms with van der Waals surface area (Å²) in [5.74, 6) is 1.69. The Morgan fingerprint density at radius 3 is 2.44 bits per heavy atom. The van der Waals surface area contributed by atoms with Crippen molar-refractivity contribution < 1.29 is 0 Å². The van der Waals surface area contributed by atoms with E-state index in [2.05, 4.69) is 11.8 Å². The van der Waals surface area contributed by atoms with Gasteiger partial charge in [0, 0.05) is 13.1 Å². The van der Waals surface area contributed by atoms with Gasteiger partial charge in [0.05, 0.1) is 6.04 Å². The Labute approximate surface area is 128 Å². The first-order chi connectivity index (χ1) is 8.20. The molecule has 2 N–H and O–H groups in total. The molecule has 1 saturated heterocycles. The van der Waals surface area contributed by atoms with Crippen molar-refractivity contribution in [1.82, 2.24) is 4.90 Å². The molecule has 0 bridgehead atoms. The third-order valence-corrected chi connectivity index (χ3v) is 5.14. The molecular weight excluding hydrogens is 337 g/mol. The van der Waals surface area contributed by atoms with Crippen LogP contribution in [0.5, 0.6) is 0 Å². The van der Waals surface area contributed by atoms with Gasteiger partial charge in [0.15, 0.2) is 5.96 Å². The molecule has 1 atom stereocenters. The summed E-state index contributed by atoms with van der Waals surface area (Å²) in [5, 5.41) is 0. The molecule has 1 aliphatic heterocycles. The Balaban J connectivity index is 0.00000120. The standard InChI is InChI=1S/C14H25N3.HI/c1-11-4-8-17(9-5-11)13(15)16-12-10-14(12)6-2-3-7-14;/h11-12H,2-10H2,1H3,(H2,15,16);1H. The van der Waals surface area contributed by atoms with Gasteiger partial charge in [-0.2, -0.15) is 0 Å². The molecule has 4 heteroatoms. The maximum atomic E-state index is 6.16. The molecule has 0 amide bonds. The highest BCUT2D eigenvalue weighted by molar-refractivity contribution is 14.0. The van der Waals surface area contributed by atoms with Gasteiger partial charge in [-0.25, -0.2) is 4.99 Å². The fourth-order valence-electron chi connectivity index (χ4n) is 3.60. The fraction of sp³-hybridized carbons (Fsp3) is 0.929. The molecule has 3 rings (SSSR count). The molecule has 3 nitrogen and oxygen atoms in total. The van der Waals surface area contributed by atoms with E-state index in [0.29, 0.717) is 11.5 Å². The predicted octanol–water partition coefficient (Wildman–Crippen LogP) is 2.98. The molecule has 0 aromatic carbocycles. The Morgan fingerprint density at radius 2 is 1.83 bits per heavy atom. The summed E-state index contributed by atoms with van der Waals surface area (Å²) in [6.07, 6.45) is 9.45. The van der Waals surface area contributed by atoms with Crippen LogP contribution >= 0.6 is 24.0 Å². The monoisotopic (exact) mass is 363 g/mol. The first-order valence-electron chi connectivity index (χ1n) is 7.28. The summed E-state index contributed by atoms with van der Waals surface area (Å²) >= 11 is 0. The number of nitrogens with two attached hydrogens (primary N) is 1. The molecule has 0 radical (unpaired) electrons. The van der Waals surface area contributed by atoms with E-state index in [4.69, 9.17) is 10.7 Å². The van der Waals surface area contributed by atoms with Crippen LogP contribution in [-0.2, 0) is 0 Å². The molecular formula is C14H26IN3. The summed E-state index contributed by atoms with van der Waals surface area (Å²) in [7, 11) is 0. The van der Waals surface area contributed by atoms with Crippen LogP contribution in [0.25, 0.3) is 0 Å². The van der Waals surface area contributed by atoms with E-state index in [9.17, 15) is 0 Å². The average molecular weight is 363 g/mol. The Morgan fingerprint density at radius 1 is 1.22 bits per heavy atom. The molecule has 3 aliphatic rings. The van der Waals surface area contributed by atoms with Crippen molar-refractivity contribution in [2.75, 3.05) is 13.1 Å². The lowest BCUT2D eigenvalue weighted by Crippen LogP contribution is -2.42. The molecule has 18 heavy (non-hydrogen) atoms. The van der Waals surface area contributed by atoms with E-state index in [1.165, 1.54) is 44.9 Å². The molecule has 1 spiro atoms. The van der Waals surface area contributed by atoms with E-state index in [1.807, 2.05) is 0 Å². The van der Waals surface area contributed by atoms with Crippen LogP contribution in [0.1, 0.15) is 51.9 Å². The third kappa shape index (κ3) is 2.78. The van der Waals surface area contributed by atoms with Crippen LogP contribution in [0, 0.1) is 11.3 Å². The van der Waals surface area contributed by atoms with Crippen LogP contribution < -0.4 is 5.73 Å². The highest BCUT2D eigenvalue weighted by Crippen LogP contribution is 2.59. The van der Waals surface area contributed by atoms with Gasteiger partial charge in [0.25, 0.3) is 0 Å². The van der Waals surface area contributed by atoms with Crippen molar-refractivity contribution >= 4 is 29.9 Å². The van der Waals surface area contributed by atoms with Crippen LogP contribution in [0.15, 0.2) is 4.99 Å². The smallest absolute Gasteiger partial charge is 0.191 e. The topological polar surface area (TPSA) is 41.6 Å². The van der Waals surface area contributed by atoms with Crippen LogP contribution in [-0.4, -0.2) is 30.0 Å². The normalized spacial score (nSPS) is 31.5. The number of likely N-dealkylation sites (tertiary alicyclic amines) is 1. The van der Waals surface area contributed by atoms with E-state index in [0.717, 1.165) is 25.0 Å². The average Bonchev–Trinajstić information content (AvgIpc) is 2.75. The van der Waals surface area contributed by atoms with Gasteiger partial charge in [-0.05, 0) is 43.4 Å². The van der Waals surface area contributed by atoms with E-state index < -0.39 is 0 Å². The van der Waals surface area contributed by atoms with Gasteiger partial charge in [0.2, 0.25) is 0 Å². The zero-order chi connectivity index (χ0) is 11.9. The number of rotatable bonds is 1. The highest BCUT2D eigenvalue weighted by atomic mass is 127. The summed E-state index contributed by atoms with van der Waals surface area (Å²) < 4.78 is 0. The van der Waals surface area contributed by atoms with Crippen molar-refractivity contribution in [3.63, 3.8) is 0 Å². The summed E-state index contributed by atoms with van der Waals surface area (Å²) in [6, 6.07) is 0.560. The quantitative estimate of drug-likeness (QED) is 0.442. The SMILES string of the molecule is CC1CCN(C(N)=NC2CC23CCCC3)CC1.I. The largest absolute Gasteiger partial charge is 0.370 e.